The second kappa shape index (κ2) is 6.98. The number of hydrogen-bond donors (Lipinski definition) is 3. The Balaban J connectivity index is 0.00000289. The summed E-state index contributed by atoms with van der Waals surface area (Å²) in [5, 5.41) is 18.2. The number of phenolic OH excluding ortho intramolecular Hbond substituents is 1. The van der Waals surface area contributed by atoms with Gasteiger partial charge in [0.2, 0.25) is 0 Å². The highest BCUT2D eigenvalue weighted by Crippen LogP contribution is 2.20. The summed E-state index contributed by atoms with van der Waals surface area (Å²) in [4.78, 5) is 22.1. The number of rotatable bonds is 5. The Bertz CT molecular complexity index is 448. The average molecular weight is 274 g/mol. The van der Waals surface area contributed by atoms with Crippen molar-refractivity contribution in [1.29, 1.82) is 0 Å². The van der Waals surface area contributed by atoms with Crippen LogP contribution in [0.1, 0.15) is 29.3 Å². The van der Waals surface area contributed by atoms with Gasteiger partial charge in [0.15, 0.2) is 5.78 Å². The van der Waals surface area contributed by atoms with Crippen LogP contribution in [-0.4, -0.2) is 28.0 Å². The SMILES string of the molecule is CCC(=O)c1cc(C[C@H](N)C(=O)O)ccc1O.Cl. The van der Waals surface area contributed by atoms with E-state index >= 15 is 0 Å². The molecule has 1 rings (SSSR count). The third-order valence-electron chi connectivity index (χ3n) is 2.46. The van der Waals surface area contributed by atoms with Crippen molar-refractivity contribution < 1.29 is 19.8 Å². The Kier molecular flexibility index (Phi) is 6.36. The molecular weight excluding hydrogens is 258 g/mol. The lowest BCUT2D eigenvalue weighted by Crippen LogP contribution is -2.32. The maximum atomic E-state index is 11.5. The molecule has 0 aliphatic rings. The molecule has 0 aliphatic heterocycles. The first-order valence-corrected chi connectivity index (χ1v) is 5.29. The zero-order valence-corrected chi connectivity index (χ0v) is 10.7. The number of ketones is 1. The second-order valence-corrected chi connectivity index (χ2v) is 3.78. The molecule has 1 aromatic carbocycles. The van der Waals surface area contributed by atoms with Crippen molar-refractivity contribution in [3.05, 3.63) is 29.3 Å². The van der Waals surface area contributed by atoms with Crippen molar-refractivity contribution in [2.75, 3.05) is 0 Å². The highest BCUT2D eigenvalue weighted by Gasteiger charge is 2.15. The number of carbonyl (C=O) groups excluding carboxylic acids is 1. The van der Waals surface area contributed by atoms with E-state index in [2.05, 4.69) is 0 Å². The van der Waals surface area contributed by atoms with E-state index in [4.69, 9.17) is 10.8 Å². The van der Waals surface area contributed by atoms with Crippen LogP contribution in [0.3, 0.4) is 0 Å². The van der Waals surface area contributed by atoms with Crippen molar-refractivity contribution in [2.24, 2.45) is 5.73 Å². The summed E-state index contributed by atoms with van der Waals surface area (Å²) < 4.78 is 0. The smallest absolute Gasteiger partial charge is 0.320 e. The Labute approximate surface area is 111 Å². The molecule has 6 heteroatoms. The predicted octanol–water partition coefficient (Wildman–Crippen LogP) is 1.36. The number of nitrogens with two attached hydrogens (primary N) is 1. The molecule has 0 saturated carbocycles. The quantitative estimate of drug-likeness (QED) is 0.703. The van der Waals surface area contributed by atoms with Crippen molar-refractivity contribution in [2.45, 2.75) is 25.8 Å². The molecule has 0 saturated heterocycles. The zero-order valence-electron chi connectivity index (χ0n) is 9.92. The molecule has 0 heterocycles. The molecule has 5 nitrogen and oxygen atoms in total. The van der Waals surface area contributed by atoms with Crippen LogP contribution in [0.25, 0.3) is 0 Å². The van der Waals surface area contributed by atoms with Crippen LogP contribution >= 0.6 is 12.4 Å². The largest absolute Gasteiger partial charge is 0.507 e. The lowest BCUT2D eigenvalue weighted by Gasteiger charge is -2.09. The zero-order chi connectivity index (χ0) is 13.0. The molecule has 0 unspecified atom stereocenters. The van der Waals surface area contributed by atoms with Gasteiger partial charge in [-0.3, -0.25) is 9.59 Å². The summed E-state index contributed by atoms with van der Waals surface area (Å²) in [6, 6.07) is 3.42. The van der Waals surface area contributed by atoms with E-state index in [0.717, 1.165) is 0 Å². The maximum Gasteiger partial charge on any atom is 0.320 e. The summed E-state index contributed by atoms with van der Waals surface area (Å²) in [5.74, 6) is -1.38. The lowest BCUT2D eigenvalue weighted by atomic mass is 10.0. The Morgan fingerprint density at radius 2 is 2.00 bits per heavy atom. The number of Topliss-reactive ketones (excluding diaryl/α,β-unsaturated/α-hetero) is 1. The minimum Gasteiger partial charge on any atom is -0.507 e. The van der Waals surface area contributed by atoms with Gasteiger partial charge in [-0.25, -0.2) is 0 Å². The van der Waals surface area contributed by atoms with E-state index < -0.39 is 12.0 Å². The lowest BCUT2D eigenvalue weighted by molar-refractivity contribution is -0.138. The third-order valence-corrected chi connectivity index (χ3v) is 2.46. The summed E-state index contributed by atoms with van der Waals surface area (Å²) in [7, 11) is 0. The molecule has 0 spiro atoms. The van der Waals surface area contributed by atoms with Gasteiger partial charge in [-0.2, -0.15) is 0 Å². The second-order valence-electron chi connectivity index (χ2n) is 3.78. The molecule has 0 amide bonds. The summed E-state index contributed by atoms with van der Waals surface area (Å²) in [6.45, 7) is 1.69. The molecule has 18 heavy (non-hydrogen) atoms. The number of halogens is 1. The van der Waals surface area contributed by atoms with E-state index in [1.807, 2.05) is 0 Å². The minimum atomic E-state index is -1.10. The van der Waals surface area contributed by atoms with Crippen LogP contribution in [0.2, 0.25) is 0 Å². The molecule has 0 radical (unpaired) electrons. The van der Waals surface area contributed by atoms with Gasteiger partial charge in [-0.15, -0.1) is 12.4 Å². The fourth-order valence-corrected chi connectivity index (χ4v) is 1.47. The van der Waals surface area contributed by atoms with Crippen LogP contribution in [-0.2, 0) is 11.2 Å². The normalized spacial score (nSPS) is 11.4. The van der Waals surface area contributed by atoms with Crippen molar-refractivity contribution in [1.82, 2.24) is 0 Å². The van der Waals surface area contributed by atoms with Crippen LogP contribution in [0.4, 0.5) is 0 Å². The van der Waals surface area contributed by atoms with Gasteiger partial charge in [0.1, 0.15) is 11.8 Å². The molecule has 0 fully saturated rings. The number of aromatic hydroxyl groups is 1. The van der Waals surface area contributed by atoms with Crippen molar-refractivity contribution >= 4 is 24.2 Å². The number of carbonyl (C=O) groups is 2. The molecule has 1 atom stereocenters. The Hall–Kier alpha value is -1.59. The number of aliphatic carboxylic acids is 1. The molecule has 4 N–H and O–H groups in total. The van der Waals surface area contributed by atoms with Crippen LogP contribution < -0.4 is 5.73 Å². The summed E-state index contributed by atoms with van der Waals surface area (Å²) >= 11 is 0. The van der Waals surface area contributed by atoms with E-state index in [1.165, 1.54) is 12.1 Å². The highest BCUT2D eigenvalue weighted by molar-refractivity contribution is 5.98. The molecule has 0 aromatic heterocycles. The van der Waals surface area contributed by atoms with Gasteiger partial charge in [-0.1, -0.05) is 13.0 Å². The van der Waals surface area contributed by atoms with E-state index in [9.17, 15) is 14.7 Å². The number of phenols is 1. The number of hydrogen-bond acceptors (Lipinski definition) is 4. The molecule has 0 bridgehead atoms. The van der Waals surface area contributed by atoms with Crippen LogP contribution in [0.15, 0.2) is 18.2 Å². The molecule has 100 valence electrons. The fraction of sp³-hybridized carbons (Fsp3) is 0.333. The fourth-order valence-electron chi connectivity index (χ4n) is 1.47. The topological polar surface area (TPSA) is 101 Å². The predicted molar refractivity (Wildman–Crippen MR) is 69.3 cm³/mol. The van der Waals surface area contributed by atoms with Gasteiger partial charge < -0.3 is 15.9 Å². The van der Waals surface area contributed by atoms with Gasteiger partial charge in [0.25, 0.3) is 0 Å². The summed E-state index contributed by atoms with van der Waals surface area (Å²) in [5.41, 5.74) is 6.23. The molecule has 0 aliphatic carbocycles. The van der Waals surface area contributed by atoms with E-state index in [0.29, 0.717) is 5.56 Å². The highest BCUT2D eigenvalue weighted by atomic mass is 35.5. The first-order valence-electron chi connectivity index (χ1n) is 5.29. The Morgan fingerprint density at radius 1 is 1.39 bits per heavy atom. The van der Waals surface area contributed by atoms with E-state index in [-0.39, 0.29) is 42.3 Å². The number of carboxylic acids is 1. The first-order chi connectivity index (χ1) is 7.95. The average Bonchev–Trinajstić information content (AvgIpc) is 2.30. The molecule has 1 aromatic rings. The van der Waals surface area contributed by atoms with Gasteiger partial charge in [0.05, 0.1) is 5.56 Å². The minimum absolute atomic E-state index is 0. The number of carboxylic acid groups (broad SMARTS) is 1. The standard InChI is InChI=1S/C12H15NO4.ClH/c1-2-10(14)8-5-7(3-4-11(8)15)6-9(13)12(16)17;/h3-5,9,15H,2,6,13H2,1H3,(H,16,17);1H/t9-;/m0./s1. The Morgan fingerprint density at radius 3 is 2.50 bits per heavy atom. The van der Waals surface area contributed by atoms with Crippen LogP contribution in [0.5, 0.6) is 5.75 Å². The van der Waals surface area contributed by atoms with Crippen LogP contribution in [0, 0.1) is 0 Å². The number of benzene rings is 1. The third kappa shape index (κ3) is 4.01. The maximum absolute atomic E-state index is 11.5. The molecular formula is C12H16ClNO4. The van der Waals surface area contributed by atoms with Crippen molar-refractivity contribution in [3.8, 4) is 5.75 Å². The van der Waals surface area contributed by atoms with Gasteiger partial charge in [-0.05, 0) is 24.1 Å². The monoisotopic (exact) mass is 273 g/mol. The van der Waals surface area contributed by atoms with Crippen molar-refractivity contribution in [3.63, 3.8) is 0 Å². The summed E-state index contributed by atoms with van der Waals surface area (Å²) in [6.07, 6.45) is 0.404. The van der Waals surface area contributed by atoms with Gasteiger partial charge in [0, 0.05) is 6.42 Å². The van der Waals surface area contributed by atoms with Gasteiger partial charge >= 0.3 is 5.97 Å². The van der Waals surface area contributed by atoms with E-state index in [1.54, 1.807) is 13.0 Å². The first kappa shape index (κ1) is 16.4.